The zero-order valence-electron chi connectivity index (χ0n) is 21.6. The first-order valence-corrected chi connectivity index (χ1v) is 13.3. The molecule has 0 saturated heterocycles. The van der Waals surface area contributed by atoms with Crippen molar-refractivity contribution in [2.75, 3.05) is 6.54 Å². The van der Waals surface area contributed by atoms with Crippen molar-refractivity contribution in [3.05, 3.63) is 53.3 Å². The molecule has 1 heterocycles. The summed E-state index contributed by atoms with van der Waals surface area (Å²) in [6, 6.07) is 6.42. The molecule has 3 rings (SSSR count). The highest BCUT2D eigenvalue weighted by Crippen LogP contribution is 2.44. The molecule has 0 radical (unpaired) electrons. The molecule has 2 aromatic rings. The van der Waals surface area contributed by atoms with Gasteiger partial charge in [-0.15, -0.1) is 11.8 Å². The predicted octanol–water partition coefficient (Wildman–Crippen LogP) is 7.15. The number of carbonyl (C=O) groups excluding carboxylic acids is 1. The van der Waals surface area contributed by atoms with Crippen LogP contribution in [0.4, 0.5) is 4.79 Å². The number of urea groups is 1. The Morgan fingerprint density at radius 3 is 2.53 bits per heavy atom. The Balaban J connectivity index is 2.23. The van der Waals surface area contributed by atoms with Gasteiger partial charge in [-0.2, -0.15) is 0 Å². The monoisotopic (exact) mass is 497 g/mol. The minimum atomic E-state index is -0.482. The summed E-state index contributed by atoms with van der Waals surface area (Å²) in [6.07, 6.45) is 8.02. The molecule has 0 bridgehead atoms. The van der Waals surface area contributed by atoms with Gasteiger partial charge in [0.25, 0.3) is 0 Å². The Hall–Kier alpha value is -2.05. The summed E-state index contributed by atoms with van der Waals surface area (Å²) < 4.78 is 2.51. The Morgan fingerprint density at radius 2 is 1.94 bits per heavy atom. The minimum Gasteiger partial charge on any atom is -0.352 e. The molecule has 0 unspecified atom stereocenters. The summed E-state index contributed by atoms with van der Waals surface area (Å²) in [4.78, 5) is 13.8. The van der Waals surface area contributed by atoms with E-state index in [2.05, 4.69) is 94.8 Å². The van der Waals surface area contributed by atoms with Gasteiger partial charge in [-0.05, 0) is 41.0 Å². The Bertz CT molecular complexity index is 1150. The molecule has 0 spiro atoms. The van der Waals surface area contributed by atoms with Crippen LogP contribution in [0.5, 0.6) is 0 Å². The molecule has 0 fully saturated rings. The van der Waals surface area contributed by atoms with Crippen LogP contribution in [0.15, 0.2) is 46.9 Å². The average Bonchev–Trinajstić information content (AvgIpc) is 2.98. The normalized spacial score (nSPS) is 14.7. The number of nitrogens with two attached hydrogens (primary N) is 1. The van der Waals surface area contributed by atoms with Gasteiger partial charge in [-0.3, -0.25) is 0 Å². The van der Waals surface area contributed by atoms with Crippen molar-refractivity contribution in [2.45, 2.75) is 83.4 Å². The number of hydrogen-bond donors (Lipinski definition) is 2. The van der Waals surface area contributed by atoms with Crippen LogP contribution < -0.4 is 11.1 Å². The van der Waals surface area contributed by atoms with Gasteiger partial charge in [0.2, 0.25) is 0 Å². The van der Waals surface area contributed by atoms with Crippen molar-refractivity contribution in [3.8, 4) is 0 Å². The summed E-state index contributed by atoms with van der Waals surface area (Å²) in [5.74, 6) is 0.457. The van der Waals surface area contributed by atoms with Crippen LogP contribution in [0.25, 0.3) is 10.9 Å². The highest BCUT2D eigenvalue weighted by atomic mass is 32.2. The highest BCUT2D eigenvalue weighted by Gasteiger charge is 2.29. The predicted molar refractivity (Wildman–Crippen MR) is 151 cm³/mol. The van der Waals surface area contributed by atoms with E-state index in [1.807, 2.05) is 11.8 Å². The van der Waals surface area contributed by atoms with E-state index < -0.39 is 6.03 Å². The van der Waals surface area contributed by atoms with Crippen molar-refractivity contribution in [2.24, 2.45) is 11.1 Å². The van der Waals surface area contributed by atoms with Crippen molar-refractivity contribution < 1.29 is 4.79 Å². The lowest BCUT2D eigenvalue weighted by atomic mass is 9.87. The first-order chi connectivity index (χ1) is 15.8. The number of carbonyl (C=O) groups is 1. The summed E-state index contributed by atoms with van der Waals surface area (Å²) >= 11 is 7.65. The lowest BCUT2D eigenvalue weighted by molar-refractivity contribution is 0.241. The molecule has 1 aromatic carbocycles. The van der Waals surface area contributed by atoms with Crippen LogP contribution in [-0.2, 0) is 13.0 Å². The van der Waals surface area contributed by atoms with Crippen LogP contribution in [0.2, 0.25) is 0 Å². The average molecular weight is 498 g/mol. The van der Waals surface area contributed by atoms with Gasteiger partial charge >= 0.3 is 6.03 Å². The van der Waals surface area contributed by atoms with E-state index >= 15 is 0 Å². The zero-order valence-corrected chi connectivity index (χ0v) is 23.3. The van der Waals surface area contributed by atoms with Crippen LogP contribution >= 0.6 is 24.0 Å². The standard InChI is InChI=1S/C28H39N3OS2/c1-18(2)19-12-13-22-21(14-19)25(34-27(3,4)5)23(15-28(6,7)17-30-26(29)32)31(22)16-20-10-8-9-11-24(20)33/h8-10,12-14,18H,11,15-17H2,1-7H3,(H3,29,30,32). The van der Waals surface area contributed by atoms with Gasteiger partial charge in [0.05, 0.1) is 0 Å². The molecular formula is C28H39N3OS2. The maximum Gasteiger partial charge on any atom is 0.312 e. The zero-order chi connectivity index (χ0) is 25.3. The van der Waals surface area contributed by atoms with Crippen LogP contribution in [-0.4, -0.2) is 26.8 Å². The van der Waals surface area contributed by atoms with E-state index in [0.717, 1.165) is 24.3 Å². The molecule has 2 amide bonds. The second-order valence-corrected chi connectivity index (χ2v) is 13.6. The Morgan fingerprint density at radius 1 is 1.24 bits per heavy atom. The molecule has 1 aliphatic carbocycles. The van der Waals surface area contributed by atoms with E-state index in [-0.39, 0.29) is 10.2 Å². The van der Waals surface area contributed by atoms with Gasteiger partial charge < -0.3 is 15.6 Å². The number of rotatable bonds is 8. The fourth-order valence-corrected chi connectivity index (χ4v) is 5.68. The van der Waals surface area contributed by atoms with E-state index in [0.29, 0.717) is 12.5 Å². The summed E-state index contributed by atoms with van der Waals surface area (Å²) in [5, 5.41) is 4.12. The molecule has 0 atom stereocenters. The van der Waals surface area contributed by atoms with Gasteiger partial charge in [0, 0.05) is 50.6 Å². The molecule has 6 heteroatoms. The van der Waals surface area contributed by atoms with Crippen molar-refractivity contribution in [1.29, 1.82) is 0 Å². The quantitative estimate of drug-likeness (QED) is 0.301. The van der Waals surface area contributed by atoms with Gasteiger partial charge in [-0.25, -0.2) is 4.79 Å². The summed E-state index contributed by atoms with van der Waals surface area (Å²) in [5.41, 5.74) is 10.3. The molecule has 4 nitrogen and oxygen atoms in total. The largest absolute Gasteiger partial charge is 0.352 e. The van der Waals surface area contributed by atoms with Gasteiger partial charge in [-0.1, -0.05) is 85.0 Å². The fourth-order valence-electron chi connectivity index (χ4n) is 4.27. The fraction of sp³-hybridized carbons (Fsp3) is 0.500. The molecule has 3 N–H and O–H groups in total. The second-order valence-electron chi connectivity index (χ2n) is 11.3. The molecule has 1 aromatic heterocycles. The van der Waals surface area contributed by atoms with Gasteiger partial charge in [0.15, 0.2) is 0 Å². The number of fused-ring (bicyclic) bond motifs is 1. The highest BCUT2D eigenvalue weighted by molar-refractivity contribution is 8.00. The number of benzene rings is 1. The molecule has 34 heavy (non-hydrogen) atoms. The van der Waals surface area contributed by atoms with E-state index in [9.17, 15) is 4.79 Å². The number of hydrogen-bond acceptors (Lipinski definition) is 3. The smallest absolute Gasteiger partial charge is 0.312 e. The molecular weight excluding hydrogens is 458 g/mol. The number of thiocarbonyl (C=S) groups is 1. The topological polar surface area (TPSA) is 60.0 Å². The lowest BCUT2D eigenvalue weighted by Gasteiger charge is -2.28. The van der Waals surface area contributed by atoms with Crippen molar-refractivity contribution >= 4 is 45.8 Å². The SMILES string of the molecule is CC(C)c1ccc2c(c1)c(SC(C)(C)C)c(CC(C)(C)CNC(N)=O)n2CC1=CC=CCC1=S. The van der Waals surface area contributed by atoms with E-state index in [1.54, 1.807) is 0 Å². The third-order valence-electron chi connectivity index (χ3n) is 6.03. The third-order valence-corrected chi connectivity index (χ3v) is 7.73. The Kier molecular flexibility index (Phi) is 8.03. The number of primary amides is 1. The first-order valence-electron chi connectivity index (χ1n) is 12.0. The van der Waals surface area contributed by atoms with Crippen LogP contribution in [0.1, 0.15) is 72.1 Å². The van der Waals surface area contributed by atoms with Gasteiger partial charge in [0.1, 0.15) is 0 Å². The lowest BCUT2D eigenvalue weighted by Crippen LogP contribution is -2.38. The van der Waals surface area contributed by atoms with E-state index in [4.69, 9.17) is 18.0 Å². The first kappa shape index (κ1) is 26.6. The Labute approximate surface area is 214 Å². The van der Waals surface area contributed by atoms with Crippen LogP contribution in [0, 0.1) is 5.41 Å². The maximum absolute atomic E-state index is 11.4. The molecule has 184 valence electrons. The summed E-state index contributed by atoms with van der Waals surface area (Å²) in [6.45, 7) is 16.9. The van der Waals surface area contributed by atoms with Crippen molar-refractivity contribution in [1.82, 2.24) is 9.88 Å². The van der Waals surface area contributed by atoms with E-state index in [1.165, 1.54) is 32.6 Å². The number of thioether (sulfide) groups is 1. The van der Waals surface area contributed by atoms with Crippen molar-refractivity contribution in [3.63, 3.8) is 0 Å². The number of amides is 2. The van der Waals surface area contributed by atoms with Crippen LogP contribution in [0.3, 0.4) is 0 Å². The minimum absolute atomic E-state index is 0.0550. The number of nitrogens with one attached hydrogen (secondary N) is 1. The second kappa shape index (κ2) is 10.3. The maximum atomic E-state index is 11.4. The molecule has 1 aliphatic rings. The number of aromatic nitrogens is 1. The summed E-state index contributed by atoms with van der Waals surface area (Å²) in [7, 11) is 0. The molecule has 0 saturated carbocycles. The number of allylic oxidation sites excluding steroid dienone is 4. The molecule has 0 aliphatic heterocycles. The third kappa shape index (κ3) is 6.54. The number of nitrogens with zero attached hydrogens (tertiary/aromatic N) is 1.